The molecule has 17 heavy (non-hydrogen) atoms. The number of para-hydroxylation sites is 1. The molecule has 1 atom stereocenters. The molecule has 2 rings (SSSR count). The average molecular weight is 260 g/mol. The van der Waals surface area contributed by atoms with Gasteiger partial charge in [-0.25, -0.2) is 0 Å². The molecular formula is C10H12O6S. The molecule has 1 aliphatic rings. The summed E-state index contributed by atoms with van der Waals surface area (Å²) >= 11 is 0. The molecule has 0 unspecified atom stereocenters. The molecule has 0 aromatic heterocycles. The minimum atomic E-state index is -3.49. The van der Waals surface area contributed by atoms with E-state index in [9.17, 15) is 13.5 Å². The van der Waals surface area contributed by atoms with E-state index < -0.39 is 16.2 Å². The number of hydrogen-bond donors (Lipinski definition) is 1. The molecule has 0 bridgehead atoms. The topological polar surface area (TPSA) is 82.1 Å². The van der Waals surface area contributed by atoms with Crippen LogP contribution in [0.5, 0.6) is 17.2 Å². The fourth-order valence-electron chi connectivity index (χ4n) is 1.41. The number of hydrogen-bond acceptors (Lipinski definition) is 6. The van der Waals surface area contributed by atoms with Crippen molar-refractivity contribution in [1.29, 1.82) is 0 Å². The van der Waals surface area contributed by atoms with Crippen molar-refractivity contribution in [3.63, 3.8) is 0 Å². The first-order valence-corrected chi connectivity index (χ1v) is 6.73. The zero-order valence-corrected chi connectivity index (χ0v) is 9.94. The third-order valence-corrected chi connectivity index (χ3v) is 2.70. The molecule has 1 aromatic carbocycles. The van der Waals surface area contributed by atoms with Crippen molar-refractivity contribution in [2.45, 2.75) is 6.10 Å². The largest absolute Gasteiger partial charge is 0.504 e. The Morgan fingerprint density at radius 2 is 2.29 bits per heavy atom. The molecular weight excluding hydrogens is 248 g/mol. The van der Waals surface area contributed by atoms with Crippen molar-refractivity contribution >= 4 is 10.1 Å². The second-order valence-electron chi connectivity index (χ2n) is 3.64. The van der Waals surface area contributed by atoms with Gasteiger partial charge in [0.2, 0.25) is 5.75 Å². The van der Waals surface area contributed by atoms with Gasteiger partial charge in [-0.15, -0.1) is 0 Å². The summed E-state index contributed by atoms with van der Waals surface area (Å²) in [6.07, 6.45) is 0.454. The Labute approximate surface area is 98.9 Å². The molecule has 6 nitrogen and oxygen atoms in total. The summed E-state index contributed by atoms with van der Waals surface area (Å²) in [5, 5.41) is 9.47. The molecule has 0 amide bonds. The van der Waals surface area contributed by atoms with Crippen LogP contribution < -0.4 is 9.47 Å². The van der Waals surface area contributed by atoms with Crippen molar-refractivity contribution < 1.29 is 27.2 Å². The molecule has 0 saturated heterocycles. The van der Waals surface area contributed by atoms with Gasteiger partial charge in [0, 0.05) is 0 Å². The summed E-state index contributed by atoms with van der Waals surface area (Å²) in [6, 6.07) is 4.72. The van der Waals surface area contributed by atoms with E-state index in [0.717, 1.165) is 6.26 Å². The standard InChI is InChI=1S/C10H12O6S/c1-17(12,13)15-6-7-5-14-10-8(11)3-2-4-9(10)16-7/h2-4,7,11H,5-6H2,1H3/t7-/m1/s1. The Hall–Kier alpha value is -1.47. The lowest BCUT2D eigenvalue weighted by Crippen LogP contribution is -2.34. The second kappa shape index (κ2) is 4.42. The summed E-state index contributed by atoms with van der Waals surface area (Å²) in [5.41, 5.74) is 0. The number of benzene rings is 1. The van der Waals surface area contributed by atoms with E-state index in [0.29, 0.717) is 5.75 Å². The van der Waals surface area contributed by atoms with Gasteiger partial charge < -0.3 is 14.6 Å². The van der Waals surface area contributed by atoms with Gasteiger partial charge in [0.25, 0.3) is 10.1 Å². The first-order chi connectivity index (χ1) is 7.96. The molecule has 1 aliphatic heterocycles. The highest BCUT2D eigenvalue weighted by molar-refractivity contribution is 7.85. The van der Waals surface area contributed by atoms with E-state index in [1.54, 1.807) is 12.1 Å². The third kappa shape index (κ3) is 3.01. The number of fused-ring (bicyclic) bond motifs is 1. The smallest absolute Gasteiger partial charge is 0.264 e. The molecule has 94 valence electrons. The number of aromatic hydroxyl groups is 1. The average Bonchev–Trinajstić information content (AvgIpc) is 2.26. The van der Waals surface area contributed by atoms with Crippen LogP contribution in [0.4, 0.5) is 0 Å². The fraction of sp³-hybridized carbons (Fsp3) is 0.400. The maximum Gasteiger partial charge on any atom is 0.264 e. The quantitative estimate of drug-likeness (QED) is 0.797. The molecule has 0 fully saturated rings. The lowest BCUT2D eigenvalue weighted by molar-refractivity contribution is 0.0537. The SMILES string of the molecule is CS(=O)(=O)OC[C@H]1COc2c(O)cccc2O1. The monoisotopic (exact) mass is 260 g/mol. The van der Waals surface area contributed by atoms with Crippen LogP contribution in [0.25, 0.3) is 0 Å². The Balaban J connectivity index is 2.04. The number of ether oxygens (including phenoxy) is 2. The van der Waals surface area contributed by atoms with Gasteiger partial charge in [0.1, 0.15) is 13.2 Å². The van der Waals surface area contributed by atoms with Gasteiger partial charge in [-0.2, -0.15) is 8.42 Å². The van der Waals surface area contributed by atoms with E-state index in [4.69, 9.17) is 9.47 Å². The van der Waals surface area contributed by atoms with Crippen LogP contribution in [-0.4, -0.2) is 39.1 Å². The minimum absolute atomic E-state index is 0.00928. The Bertz CT molecular complexity index is 510. The second-order valence-corrected chi connectivity index (χ2v) is 5.29. The molecule has 0 saturated carbocycles. The first-order valence-electron chi connectivity index (χ1n) is 4.91. The predicted molar refractivity (Wildman–Crippen MR) is 58.8 cm³/mol. The maximum atomic E-state index is 10.8. The number of phenols is 1. The van der Waals surface area contributed by atoms with Gasteiger partial charge in [-0.3, -0.25) is 4.18 Å². The van der Waals surface area contributed by atoms with Crippen molar-refractivity contribution in [3.05, 3.63) is 18.2 Å². The molecule has 0 radical (unpaired) electrons. The van der Waals surface area contributed by atoms with E-state index in [-0.39, 0.29) is 24.7 Å². The fourth-order valence-corrected chi connectivity index (χ4v) is 1.81. The minimum Gasteiger partial charge on any atom is -0.504 e. The van der Waals surface area contributed by atoms with Crippen molar-refractivity contribution in [1.82, 2.24) is 0 Å². The van der Waals surface area contributed by atoms with Gasteiger partial charge in [-0.1, -0.05) is 6.07 Å². The molecule has 0 aliphatic carbocycles. The predicted octanol–water partition coefficient (Wildman–Crippen LogP) is 0.508. The van der Waals surface area contributed by atoms with Gasteiger partial charge >= 0.3 is 0 Å². The molecule has 7 heteroatoms. The summed E-state index contributed by atoms with van der Waals surface area (Å²) in [6.45, 7) is 0.00796. The van der Waals surface area contributed by atoms with Crippen LogP contribution in [0.15, 0.2) is 18.2 Å². The van der Waals surface area contributed by atoms with Crippen LogP contribution in [0.2, 0.25) is 0 Å². The lowest BCUT2D eigenvalue weighted by Gasteiger charge is -2.26. The van der Waals surface area contributed by atoms with Gasteiger partial charge in [0.05, 0.1) is 6.26 Å². The van der Waals surface area contributed by atoms with Gasteiger partial charge in [-0.05, 0) is 12.1 Å². The Morgan fingerprint density at radius 3 is 3.00 bits per heavy atom. The van der Waals surface area contributed by atoms with Crippen molar-refractivity contribution in [2.24, 2.45) is 0 Å². The Kier molecular flexibility index (Phi) is 3.12. The van der Waals surface area contributed by atoms with E-state index in [2.05, 4.69) is 4.18 Å². The summed E-state index contributed by atoms with van der Waals surface area (Å²) in [4.78, 5) is 0. The third-order valence-electron chi connectivity index (χ3n) is 2.13. The van der Waals surface area contributed by atoms with Crippen LogP contribution in [-0.2, 0) is 14.3 Å². The Morgan fingerprint density at radius 1 is 1.53 bits per heavy atom. The molecule has 1 aromatic rings. The highest BCUT2D eigenvalue weighted by atomic mass is 32.2. The molecule has 1 N–H and O–H groups in total. The van der Waals surface area contributed by atoms with E-state index in [1.807, 2.05) is 0 Å². The van der Waals surface area contributed by atoms with Crippen LogP contribution >= 0.6 is 0 Å². The summed E-state index contributed by atoms with van der Waals surface area (Å²) in [7, 11) is -3.49. The zero-order chi connectivity index (χ0) is 12.5. The molecule has 1 heterocycles. The summed E-state index contributed by atoms with van der Waals surface area (Å²) in [5.74, 6) is 0.631. The van der Waals surface area contributed by atoms with Crippen molar-refractivity contribution in [3.8, 4) is 17.2 Å². The van der Waals surface area contributed by atoms with Gasteiger partial charge in [0.15, 0.2) is 17.6 Å². The van der Waals surface area contributed by atoms with Crippen LogP contribution in [0, 0.1) is 0 Å². The maximum absolute atomic E-state index is 10.8. The molecule has 0 spiro atoms. The number of phenolic OH excluding ortho intramolecular Hbond substituents is 1. The van der Waals surface area contributed by atoms with E-state index >= 15 is 0 Å². The number of rotatable bonds is 3. The zero-order valence-electron chi connectivity index (χ0n) is 9.12. The van der Waals surface area contributed by atoms with Crippen molar-refractivity contribution in [2.75, 3.05) is 19.5 Å². The lowest BCUT2D eigenvalue weighted by atomic mass is 10.2. The van der Waals surface area contributed by atoms with E-state index in [1.165, 1.54) is 6.07 Å². The summed E-state index contributed by atoms with van der Waals surface area (Å²) < 4.78 is 37.0. The van der Waals surface area contributed by atoms with Crippen LogP contribution in [0.3, 0.4) is 0 Å². The normalized spacial score (nSPS) is 19.0. The van der Waals surface area contributed by atoms with Crippen LogP contribution in [0.1, 0.15) is 0 Å². The highest BCUT2D eigenvalue weighted by Gasteiger charge is 2.24. The highest BCUT2D eigenvalue weighted by Crippen LogP contribution is 2.39. The first kappa shape index (κ1) is 12.0.